The van der Waals surface area contributed by atoms with Gasteiger partial charge in [-0.2, -0.15) is 0 Å². The average molecular weight is 209 g/mol. The van der Waals surface area contributed by atoms with E-state index in [1.54, 1.807) is 12.1 Å². The number of hydrogen-bond donors (Lipinski definition) is 2. The Balaban J connectivity index is 2.43. The van der Waals surface area contributed by atoms with E-state index in [0.717, 1.165) is 0 Å². The molecule has 0 bridgehead atoms. The molecule has 3 nitrogen and oxygen atoms in total. The van der Waals surface area contributed by atoms with Crippen LogP contribution in [0.5, 0.6) is 0 Å². The summed E-state index contributed by atoms with van der Waals surface area (Å²) in [5.41, 5.74) is 6.31. The van der Waals surface area contributed by atoms with Crippen molar-refractivity contribution in [2.45, 2.75) is 24.8 Å². The topological polar surface area (TPSA) is 63.3 Å². The number of nitrogens with two attached hydrogens (primary N) is 1. The SMILES string of the molecule is NC1(CC(=O)O)CCc2c(F)cccc21. The summed E-state index contributed by atoms with van der Waals surface area (Å²) in [6.07, 6.45) is 0.866. The molecule has 2 rings (SSSR count). The molecule has 0 saturated carbocycles. The Morgan fingerprint density at radius 1 is 1.60 bits per heavy atom. The molecule has 1 aliphatic carbocycles. The molecule has 15 heavy (non-hydrogen) atoms. The maximum atomic E-state index is 13.4. The van der Waals surface area contributed by atoms with Gasteiger partial charge in [-0.05, 0) is 30.0 Å². The largest absolute Gasteiger partial charge is 0.481 e. The fraction of sp³-hybridized carbons (Fsp3) is 0.364. The van der Waals surface area contributed by atoms with Crippen LogP contribution in [0.1, 0.15) is 24.0 Å². The van der Waals surface area contributed by atoms with Crippen molar-refractivity contribution >= 4 is 5.97 Å². The zero-order valence-corrected chi connectivity index (χ0v) is 8.16. The van der Waals surface area contributed by atoms with E-state index in [1.807, 2.05) is 0 Å². The zero-order valence-electron chi connectivity index (χ0n) is 8.16. The van der Waals surface area contributed by atoms with E-state index >= 15 is 0 Å². The maximum Gasteiger partial charge on any atom is 0.305 e. The van der Waals surface area contributed by atoms with Crippen molar-refractivity contribution in [1.82, 2.24) is 0 Å². The third-order valence-electron chi connectivity index (χ3n) is 2.94. The van der Waals surface area contributed by atoms with Gasteiger partial charge in [-0.1, -0.05) is 12.1 Å². The zero-order chi connectivity index (χ0) is 11.1. The highest BCUT2D eigenvalue weighted by Gasteiger charge is 2.38. The summed E-state index contributed by atoms with van der Waals surface area (Å²) in [6, 6.07) is 4.67. The fourth-order valence-electron chi connectivity index (χ4n) is 2.22. The van der Waals surface area contributed by atoms with Gasteiger partial charge < -0.3 is 10.8 Å². The third kappa shape index (κ3) is 1.61. The number of rotatable bonds is 2. The molecular weight excluding hydrogens is 197 g/mol. The molecule has 0 saturated heterocycles. The highest BCUT2D eigenvalue weighted by Crippen LogP contribution is 2.38. The summed E-state index contributed by atoms with van der Waals surface area (Å²) in [6.45, 7) is 0. The van der Waals surface area contributed by atoms with Gasteiger partial charge in [0.05, 0.1) is 12.0 Å². The van der Waals surface area contributed by atoms with Gasteiger partial charge in [0.25, 0.3) is 0 Å². The first-order valence-corrected chi connectivity index (χ1v) is 4.81. The molecule has 0 spiro atoms. The van der Waals surface area contributed by atoms with Crippen molar-refractivity contribution in [1.29, 1.82) is 0 Å². The van der Waals surface area contributed by atoms with Crippen LogP contribution in [0.25, 0.3) is 0 Å². The lowest BCUT2D eigenvalue weighted by Gasteiger charge is -2.23. The standard InChI is InChI=1S/C11H12FNO2/c12-9-3-1-2-8-7(9)4-5-11(8,13)6-10(14)15/h1-3H,4-6,13H2,(H,14,15). The van der Waals surface area contributed by atoms with Gasteiger partial charge in [-0.15, -0.1) is 0 Å². The van der Waals surface area contributed by atoms with Crippen LogP contribution in [0, 0.1) is 5.82 Å². The van der Waals surface area contributed by atoms with Crippen molar-refractivity contribution in [3.05, 3.63) is 35.1 Å². The molecule has 0 fully saturated rings. The van der Waals surface area contributed by atoms with Crippen LogP contribution in [0.2, 0.25) is 0 Å². The van der Waals surface area contributed by atoms with Gasteiger partial charge >= 0.3 is 5.97 Å². The molecule has 1 atom stereocenters. The molecule has 1 aromatic rings. The predicted molar refractivity (Wildman–Crippen MR) is 52.8 cm³/mol. The predicted octanol–water partition coefficient (Wildman–Crippen LogP) is 1.40. The highest BCUT2D eigenvalue weighted by atomic mass is 19.1. The number of carboxylic acids is 1. The number of aliphatic carboxylic acids is 1. The van der Waals surface area contributed by atoms with Crippen LogP contribution in [-0.2, 0) is 16.8 Å². The molecular formula is C11H12FNO2. The Bertz CT molecular complexity index is 419. The van der Waals surface area contributed by atoms with E-state index < -0.39 is 11.5 Å². The second-order valence-electron chi connectivity index (χ2n) is 3.99. The summed E-state index contributed by atoms with van der Waals surface area (Å²) < 4.78 is 13.4. The van der Waals surface area contributed by atoms with Crippen LogP contribution in [-0.4, -0.2) is 11.1 Å². The van der Waals surface area contributed by atoms with Crippen LogP contribution in [0.15, 0.2) is 18.2 Å². The molecule has 0 aromatic heterocycles. The van der Waals surface area contributed by atoms with Gasteiger partial charge in [0.15, 0.2) is 0 Å². The Morgan fingerprint density at radius 2 is 2.33 bits per heavy atom. The van der Waals surface area contributed by atoms with Crippen LogP contribution in [0.3, 0.4) is 0 Å². The van der Waals surface area contributed by atoms with Gasteiger partial charge in [-0.3, -0.25) is 4.79 Å². The summed E-state index contributed by atoms with van der Waals surface area (Å²) in [4.78, 5) is 10.7. The van der Waals surface area contributed by atoms with Gasteiger partial charge in [0.2, 0.25) is 0 Å². The molecule has 0 radical (unpaired) electrons. The van der Waals surface area contributed by atoms with Crippen LogP contribution in [0.4, 0.5) is 4.39 Å². The van der Waals surface area contributed by atoms with Crippen molar-refractivity contribution in [3.63, 3.8) is 0 Å². The van der Waals surface area contributed by atoms with Crippen molar-refractivity contribution < 1.29 is 14.3 Å². The average Bonchev–Trinajstić information content (AvgIpc) is 2.44. The smallest absolute Gasteiger partial charge is 0.305 e. The minimum Gasteiger partial charge on any atom is -0.481 e. The molecule has 0 heterocycles. The molecule has 3 N–H and O–H groups in total. The Labute approximate surface area is 86.7 Å². The Kier molecular flexibility index (Phi) is 2.23. The summed E-state index contributed by atoms with van der Waals surface area (Å²) >= 11 is 0. The molecule has 0 amide bonds. The van der Waals surface area contributed by atoms with Crippen molar-refractivity contribution in [2.75, 3.05) is 0 Å². The molecule has 0 aliphatic heterocycles. The molecule has 1 aromatic carbocycles. The van der Waals surface area contributed by atoms with Crippen LogP contribution >= 0.6 is 0 Å². The van der Waals surface area contributed by atoms with Crippen molar-refractivity contribution in [3.8, 4) is 0 Å². The first-order valence-electron chi connectivity index (χ1n) is 4.81. The number of benzene rings is 1. The maximum absolute atomic E-state index is 13.4. The number of hydrogen-bond acceptors (Lipinski definition) is 2. The van der Waals surface area contributed by atoms with Crippen molar-refractivity contribution in [2.24, 2.45) is 5.73 Å². The lowest BCUT2D eigenvalue weighted by atomic mass is 9.89. The summed E-state index contributed by atoms with van der Waals surface area (Å²) in [7, 11) is 0. The lowest BCUT2D eigenvalue weighted by Crippen LogP contribution is -2.36. The Hall–Kier alpha value is -1.42. The van der Waals surface area contributed by atoms with Gasteiger partial charge in [-0.25, -0.2) is 4.39 Å². The van der Waals surface area contributed by atoms with Gasteiger partial charge in [0, 0.05) is 0 Å². The highest BCUT2D eigenvalue weighted by molar-refractivity contribution is 5.69. The quantitative estimate of drug-likeness (QED) is 0.773. The summed E-state index contributed by atoms with van der Waals surface area (Å²) in [5.74, 6) is -1.24. The first-order chi connectivity index (χ1) is 7.03. The summed E-state index contributed by atoms with van der Waals surface area (Å²) in [5, 5.41) is 8.76. The van der Waals surface area contributed by atoms with E-state index in [1.165, 1.54) is 6.07 Å². The second kappa shape index (κ2) is 3.31. The lowest BCUT2D eigenvalue weighted by molar-refractivity contribution is -0.138. The van der Waals surface area contributed by atoms with E-state index in [2.05, 4.69) is 0 Å². The molecule has 1 aliphatic rings. The normalized spacial score (nSPS) is 23.9. The minimum absolute atomic E-state index is 0.149. The molecule has 1 unspecified atom stereocenters. The number of carbonyl (C=O) groups is 1. The van der Waals surface area contributed by atoms with E-state index in [9.17, 15) is 9.18 Å². The molecule has 80 valence electrons. The number of carboxylic acid groups (broad SMARTS) is 1. The van der Waals surface area contributed by atoms with Crippen LogP contribution < -0.4 is 5.73 Å². The van der Waals surface area contributed by atoms with E-state index in [0.29, 0.717) is 24.0 Å². The number of fused-ring (bicyclic) bond motifs is 1. The van der Waals surface area contributed by atoms with E-state index in [4.69, 9.17) is 10.8 Å². The third-order valence-corrected chi connectivity index (χ3v) is 2.94. The number of halogens is 1. The fourth-order valence-corrected chi connectivity index (χ4v) is 2.22. The van der Waals surface area contributed by atoms with E-state index in [-0.39, 0.29) is 12.2 Å². The molecule has 4 heteroatoms. The Morgan fingerprint density at radius 3 is 3.00 bits per heavy atom. The first kappa shape index (κ1) is 10.1. The monoisotopic (exact) mass is 209 g/mol. The van der Waals surface area contributed by atoms with Gasteiger partial charge in [0.1, 0.15) is 5.82 Å². The second-order valence-corrected chi connectivity index (χ2v) is 3.99. The minimum atomic E-state index is -0.949.